The van der Waals surface area contributed by atoms with Gasteiger partial charge in [0.05, 0.1) is 16.9 Å². The van der Waals surface area contributed by atoms with E-state index in [-0.39, 0.29) is 0 Å². The quantitative estimate of drug-likeness (QED) is 0.774. The highest BCUT2D eigenvalue weighted by molar-refractivity contribution is 5.73. The van der Waals surface area contributed by atoms with Crippen LogP contribution in [-0.4, -0.2) is 12.1 Å². The van der Waals surface area contributed by atoms with Crippen molar-refractivity contribution in [3.63, 3.8) is 0 Å². The zero-order valence-corrected chi connectivity index (χ0v) is 11.6. The topological polar surface area (TPSA) is 24.1 Å². The molecule has 1 saturated carbocycles. The molecule has 1 aromatic rings. The summed E-state index contributed by atoms with van der Waals surface area (Å²) in [5, 5.41) is 7.46. The van der Waals surface area contributed by atoms with Crippen LogP contribution in [0.15, 0.2) is 18.2 Å². The summed E-state index contributed by atoms with van der Waals surface area (Å²) < 4.78 is 0. The molecule has 18 heavy (non-hydrogen) atoms. The lowest BCUT2D eigenvalue weighted by Gasteiger charge is -2.45. The highest BCUT2D eigenvalue weighted by Crippen LogP contribution is 2.40. The average Bonchev–Trinajstić information content (AvgIpc) is 2.40. The number of anilines is 2. The summed E-state index contributed by atoms with van der Waals surface area (Å²) in [5.41, 5.74) is 4.21. The van der Waals surface area contributed by atoms with Gasteiger partial charge in [0.15, 0.2) is 0 Å². The molecule has 98 valence electrons. The van der Waals surface area contributed by atoms with Gasteiger partial charge in [-0.15, -0.1) is 0 Å². The number of rotatable bonds is 1. The predicted octanol–water partition coefficient (Wildman–Crippen LogP) is 4.17. The molecule has 1 fully saturated rings. The number of hydrogen-bond acceptors (Lipinski definition) is 2. The molecule has 0 radical (unpaired) electrons. The minimum Gasteiger partial charge on any atom is -0.381 e. The summed E-state index contributed by atoms with van der Waals surface area (Å²) in [6.07, 6.45) is 6.73. The normalized spacial score (nSPS) is 30.4. The third-order valence-electron chi connectivity index (χ3n) is 4.83. The first-order valence-electron chi connectivity index (χ1n) is 7.33. The number of benzene rings is 1. The third kappa shape index (κ3) is 2.09. The van der Waals surface area contributed by atoms with Crippen molar-refractivity contribution in [2.45, 2.75) is 51.5 Å². The summed E-state index contributed by atoms with van der Waals surface area (Å²) in [6.45, 7) is 5.56. The minimum atomic E-state index is 0.313. The second kappa shape index (κ2) is 4.49. The Hall–Kier alpha value is -1.18. The first-order valence-corrected chi connectivity index (χ1v) is 7.33. The molecular formula is C16H24N2. The molecule has 1 heterocycles. The summed E-state index contributed by atoms with van der Waals surface area (Å²) in [6, 6.07) is 6.67. The lowest BCUT2D eigenvalue weighted by molar-refractivity contribution is 0.255. The van der Waals surface area contributed by atoms with Crippen molar-refractivity contribution in [2.75, 3.05) is 17.2 Å². The number of hydrogen-bond donors (Lipinski definition) is 2. The lowest BCUT2D eigenvalue weighted by Crippen LogP contribution is -2.50. The van der Waals surface area contributed by atoms with Gasteiger partial charge in [0.2, 0.25) is 0 Å². The SMILES string of the molecule is CCC1CCC2(CC1)CNc1cc(C)ccc1N2. The van der Waals surface area contributed by atoms with E-state index in [4.69, 9.17) is 0 Å². The zero-order valence-electron chi connectivity index (χ0n) is 11.6. The van der Waals surface area contributed by atoms with Crippen molar-refractivity contribution in [1.82, 2.24) is 0 Å². The van der Waals surface area contributed by atoms with Crippen LogP contribution in [-0.2, 0) is 0 Å². The second-order valence-corrected chi connectivity index (χ2v) is 6.16. The Labute approximate surface area is 110 Å². The van der Waals surface area contributed by atoms with Crippen molar-refractivity contribution < 1.29 is 0 Å². The molecule has 0 unspecified atom stereocenters. The molecule has 2 N–H and O–H groups in total. The maximum absolute atomic E-state index is 3.82. The summed E-state index contributed by atoms with van der Waals surface area (Å²) in [7, 11) is 0. The fraction of sp³-hybridized carbons (Fsp3) is 0.625. The van der Waals surface area contributed by atoms with Crippen LogP contribution in [0.5, 0.6) is 0 Å². The van der Waals surface area contributed by atoms with Crippen molar-refractivity contribution in [3.05, 3.63) is 23.8 Å². The molecule has 1 aliphatic heterocycles. The summed E-state index contributed by atoms with van der Waals surface area (Å²) in [5.74, 6) is 0.955. The monoisotopic (exact) mass is 244 g/mol. The molecule has 3 rings (SSSR count). The Morgan fingerprint density at radius 3 is 2.72 bits per heavy atom. The smallest absolute Gasteiger partial charge is 0.0581 e. The third-order valence-corrected chi connectivity index (χ3v) is 4.83. The van der Waals surface area contributed by atoms with E-state index in [9.17, 15) is 0 Å². The average molecular weight is 244 g/mol. The molecule has 1 aromatic carbocycles. The molecule has 1 aliphatic carbocycles. The molecular weight excluding hydrogens is 220 g/mol. The Kier molecular flexibility index (Phi) is 2.96. The van der Waals surface area contributed by atoms with Gasteiger partial charge in [0.25, 0.3) is 0 Å². The second-order valence-electron chi connectivity index (χ2n) is 6.16. The molecule has 2 aliphatic rings. The lowest BCUT2D eigenvalue weighted by atomic mass is 9.74. The van der Waals surface area contributed by atoms with Crippen molar-refractivity contribution in [2.24, 2.45) is 5.92 Å². The van der Waals surface area contributed by atoms with Crippen LogP contribution in [0.4, 0.5) is 11.4 Å². The van der Waals surface area contributed by atoms with Crippen molar-refractivity contribution >= 4 is 11.4 Å². The predicted molar refractivity (Wildman–Crippen MR) is 78.3 cm³/mol. The van der Waals surface area contributed by atoms with Crippen molar-refractivity contribution in [1.29, 1.82) is 0 Å². The molecule has 0 saturated heterocycles. The zero-order chi connectivity index (χ0) is 12.6. The Bertz CT molecular complexity index is 431. The maximum atomic E-state index is 3.82. The largest absolute Gasteiger partial charge is 0.381 e. The van der Waals surface area contributed by atoms with E-state index in [2.05, 4.69) is 42.7 Å². The van der Waals surface area contributed by atoms with E-state index in [1.54, 1.807) is 0 Å². The van der Waals surface area contributed by atoms with E-state index < -0.39 is 0 Å². The van der Waals surface area contributed by atoms with Crippen LogP contribution in [0.1, 0.15) is 44.6 Å². The maximum Gasteiger partial charge on any atom is 0.0581 e. The highest BCUT2D eigenvalue weighted by Gasteiger charge is 2.37. The van der Waals surface area contributed by atoms with Gasteiger partial charge >= 0.3 is 0 Å². The Balaban J connectivity index is 1.76. The molecule has 2 heteroatoms. The van der Waals surface area contributed by atoms with Crippen molar-refractivity contribution in [3.8, 4) is 0 Å². The van der Waals surface area contributed by atoms with Crippen LogP contribution >= 0.6 is 0 Å². The molecule has 0 amide bonds. The first kappa shape index (κ1) is 11.9. The summed E-state index contributed by atoms with van der Waals surface area (Å²) >= 11 is 0. The van der Waals surface area contributed by atoms with Crippen LogP contribution in [0, 0.1) is 12.8 Å². The van der Waals surface area contributed by atoms with Gasteiger partial charge in [0, 0.05) is 6.54 Å². The van der Waals surface area contributed by atoms with Crippen LogP contribution in [0.2, 0.25) is 0 Å². The van der Waals surface area contributed by atoms with E-state index in [0.29, 0.717) is 5.54 Å². The highest BCUT2D eigenvalue weighted by atomic mass is 15.1. The fourth-order valence-corrected chi connectivity index (χ4v) is 3.45. The van der Waals surface area contributed by atoms with Gasteiger partial charge in [0.1, 0.15) is 0 Å². The van der Waals surface area contributed by atoms with E-state index in [0.717, 1.165) is 12.5 Å². The van der Waals surface area contributed by atoms with Gasteiger partial charge in [-0.2, -0.15) is 0 Å². The van der Waals surface area contributed by atoms with Crippen LogP contribution in [0.3, 0.4) is 0 Å². The molecule has 2 nitrogen and oxygen atoms in total. The molecule has 0 bridgehead atoms. The minimum absolute atomic E-state index is 0.313. The Morgan fingerprint density at radius 2 is 2.00 bits per heavy atom. The number of fused-ring (bicyclic) bond motifs is 1. The van der Waals surface area contributed by atoms with Gasteiger partial charge in [-0.1, -0.05) is 19.4 Å². The number of nitrogens with one attached hydrogen (secondary N) is 2. The molecule has 1 spiro atoms. The van der Waals surface area contributed by atoms with Gasteiger partial charge in [-0.3, -0.25) is 0 Å². The summed E-state index contributed by atoms with van der Waals surface area (Å²) in [4.78, 5) is 0. The van der Waals surface area contributed by atoms with E-state index >= 15 is 0 Å². The Morgan fingerprint density at radius 1 is 1.22 bits per heavy atom. The standard InChI is InChI=1S/C16H24N2/c1-3-13-6-8-16(9-7-13)11-17-15-10-12(2)4-5-14(15)18-16/h4-5,10,13,17-18H,3,6-9,11H2,1-2H3. The fourth-order valence-electron chi connectivity index (χ4n) is 3.45. The van der Waals surface area contributed by atoms with Gasteiger partial charge < -0.3 is 10.6 Å². The van der Waals surface area contributed by atoms with Gasteiger partial charge in [-0.05, 0) is 56.2 Å². The van der Waals surface area contributed by atoms with Crippen LogP contribution < -0.4 is 10.6 Å². The molecule has 0 aromatic heterocycles. The first-order chi connectivity index (χ1) is 8.71. The van der Waals surface area contributed by atoms with Gasteiger partial charge in [-0.25, -0.2) is 0 Å². The van der Waals surface area contributed by atoms with E-state index in [1.807, 2.05) is 0 Å². The van der Waals surface area contributed by atoms with E-state index in [1.165, 1.54) is 49.0 Å². The van der Waals surface area contributed by atoms with Crippen LogP contribution in [0.25, 0.3) is 0 Å². The number of aryl methyl sites for hydroxylation is 1. The molecule has 0 atom stereocenters.